The van der Waals surface area contributed by atoms with Crippen LogP contribution in [0, 0.1) is 0 Å². The van der Waals surface area contributed by atoms with Crippen molar-refractivity contribution in [2.24, 2.45) is 0 Å². The minimum atomic E-state index is -0.884. The first-order valence-electron chi connectivity index (χ1n) is 5.92. The van der Waals surface area contributed by atoms with Gasteiger partial charge in [-0.05, 0) is 24.6 Å². The highest BCUT2D eigenvalue weighted by Crippen LogP contribution is 2.24. The lowest BCUT2D eigenvalue weighted by atomic mass is 10.3. The second-order valence-electron chi connectivity index (χ2n) is 4.49. The number of amides is 1. The van der Waals surface area contributed by atoms with Gasteiger partial charge in [-0.15, -0.1) is 0 Å². The van der Waals surface area contributed by atoms with Gasteiger partial charge >= 0.3 is 6.09 Å². The summed E-state index contributed by atoms with van der Waals surface area (Å²) in [6.07, 6.45) is -0.125. The minimum Gasteiger partial charge on any atom is -0.465 e. The van der Waals surface area contributed by atoms with Gasteiger partial charge in [0.1, 0.15) is 5.52 Å². The molecule has 3 rings (SSSR count). The molecule has 6 nitrogen and oxygen atoms in total. The summed E-state index contributed by atoms with van der Waals surface area (Å²) in [5.41, 5.74) is 1.48. The van der Waals surface area contributed by atoms with E-state index in [1.54, 1.807) is 0 Å². The number of halogens is 1. The van der Waals surface area contributed by atoms with Crippen LogP contribution < -0.4 is 5.32 Å². The predicted octanol–water partition coefficient (Wildman–Crippen LogP) is 2.75. The molecule has 1 amide bonds. The number of hydrogen-bond donors (Lipinski definition) is 2. The van der Waals surface area contributed by atoms with Crippen molar-refractivity contribution < 1.29 is 14.3 Å². The molecule has 1 aromatic carbocycles. The summed E-state index contributed by atoms with van der Waals surface area (Å²) in [5, 5.41) is 12.0. The van der Waals surface area contributed by atoms with Crippen LogP contribution in [0.5, 0.6) is 0 Å². The van der Waals surface area contributed by atoms with Gasteiger partial charge in [-0.3, -0.25) is 0 Å². The van der Waals surface area contributed by atoms with Gasteiger partial charge in [0.15, 0.2) is 5.58 Å². The number of carboxylic acid groups (broad SMARTS) is 1. The van der Waals surface area contributed by atoms with Crippen LogP contribution in [-0.2, 0) is 0 Å². The maximum atomic E-state index is 10.8. The van der Waals surface area contributed by atoms with Crippen molar-refractivity contribution in [1.82, 2.24) is 9.88 Å². The van der Waals surface area contributed by atoms with E-state index in [1.165, 1.54) is 4.90 Å². The molecule has 1 aliphatic heterocycles. The number of aromatic nitrogens is 1. The molecule has 2 heterocycles. The Bertz CT molecular complexity index is 628. The van der Waals surface area contributed by atoms with Crippen LogP contribution in [-0.4, -0.2) is 40.2 Å². The van der Waals surface area contributed by atoms with Crippen molar-refractivity contribution >= 4 is 39.1 Å². The Morgan fingerprint density at radius 2 is 2.42 bits per heavy atom. The third-order valence-electron chi connectivity index (χ3n) is 3.14. The summed E-state index contributed by atoms with van der Waals surface area (Å²) >= 11 is 3.37. The molecule has 0 saturated carbocycles. The number of oxazole rings is 1. The molecule has 0 unspecified atom stereocenters. The Morgan fingerprint density at radius 1 is 1.58 bits per heavy atom. The first-order valence-corrected chi connectivity index (χ1v) is 6.71. The van der Waals surface area contributed by atoms with Gasteiger partial charge in [0.2, 0.25) is 0 Å². The van der Waals surface area contributed by atoms with Crippen LogP contribution in [0.4, 0.5) is 10.8 Å². The van der Waals surface area contributed by atoms with Gasteiger partial charge in [-0.2, -0.15) is 4.98 Å². The number of anilines is 1. The van der Waals surface area contributed by atoms with E-state index in [4.69, 9.17) is 9.52 Å². The number of fused-ring (bicyclic) bond motifs is 1. The van der Waals surface area contributed by atoms with Gasteiger partial charge < -0.3 is 19.7 Å². The lowest BCUT2D eigenvalue weighted by Gasteiger charge is -2.12. The van der Waals surface area contributed by atoms with E-state index in [0.29, 0.717) is 24.7 Å². The van der Waals surface area contributed by atoms with Crippen LogP contribution in [0.15, 0.2) is 27.1 Å². The average Bonchev–Trinajstić information content (AvgIpc) is 2.95. The number of benzene rings is 1. The highest BCUT2D eigenvalue weighted by atomic mass is 79.9. The van der Waals surface area contributed by atoms with Crippen LogP contribution in [0.3, 0.4) is 0 Å². The highest BCUT2D eigenvalue weighted by molar-refractivity contribution is 9.10. The summed E-state index contributed by atoms with van der Waals surface area (Å²) < 4.78 is 6.52. The number of carbonyl (C=O) groups is 1. The molecule has 1 aliphatic rings. The first kappa shape index (κ1) is 12.3. The molecule has 19 heavy (non-hydrogen) atoms. The molecule has 7 heteroatoms. The summed E-state index contributed by atoms with van der Waals surface area (Å²) in [6.45, 7) is 0.997. The van der Waals surface area contributed by atoms with Gasteiger partial charge in [0.25, 0.3) is 6.01 Å². The van der Waals surface area contributed by atoms with Crippen LogP contribution in [0.1, 0.15) is 6.42 Å². The van der Waals surface area contributed by atoms with Crippen molar-refractivity contribution in [1.29, 1.82) is 0 Å². The zero-order valence-electron chi connectivity index (χ0n) is 9.97. The van der Waals surface area contributed by atoms with E-state index >= 15 is 0 Å². The monoisotopic (exact) mass is 325 g/mol. The van der Waals surface area contributed by atoms with Crippen molar-refractivity contribution in [3.63, 3.8) is 0 Å². The van der Waals surface area contributed by atoms with E-state index in [2.05, 4.69) is 26.2 Å². The topological polar surface area (TPSA) is 78.6 Å². The van der Waals surface area contributed by atoms with Crippen LogP contribution >= 0.6 is 15.9 Å². The predicted molar refractivity (Wildman–Crippen MR) is 73.3 cm³/mol. The van der Waals surface area contributed by atoms with E-state index in [1.807, 2.05) is 18.2 Å². The molecule has 2 N–H and O–H groups in total. The number of hydrogen-bond acceptors (Lipinski definition) is 4. The zero-order valence-corrected chi connectivity index (χ0v) is 11.6. The third kappa shape index (κ3) is 2.51. The number of nitrogens with zero attached hydrogens (tertiary/aromatic N) is 2. The fourth-order valence-electron chi connectivity index (χ4n) is 2.19. The summed E-state index contributed by atoms with van der Waals surface area (Å²) in [7, 11) is 0. The molecule has 1 aromatic heterocycles. The second kappa shape index (κ2) is 4.73. The largest absolute Gasteiger partial charge is 0.465 e. The molecule has 0 spiro atoms. The maximum absolute atomic E-state index is 10.8. The highest BCUT2D eigenvalue weighted by Gasteiger charge is 2.26. The van der Waals surface area contributed by atoms with E-state index < -0.39 is 6.09 Å². The fraction of sp³-hybridized carbons (Fsp3) is 0.333. The Balaban J connectivity index is 1.73. The number of rotatable bonds is 2. The van der Waals surface area contributed by atoms with Crippen molar-refractivity contribution in [2.45, 2.75) is 12.5 Å². The van der Waals surface area contributed by atoms with Gasteiger partial charge in [-0.1, -0.05) is 15.9 Å². The van der Waals surface area contributed by atoms with Gasteiger partial charge in [-0.25, -0.2) is 4.79 Å². The first-order chi connectivity index (χ1) is 9.11. The van der Waals surface area contributed by atoms with Crippen LogP contribution in [0.2, 0.25) is 0 Å². The lowest BCUT2D eigenvalue weighted by molar-refractivity contribution is 0.155. The van der Waals surface area contributed by atoms with Crippen molar-refractivity contribution in [3.05, 3.63) is 22.7 Å². The van der Waals surface area contributed by atoms with Crippen molar-refractivity contribution in [3.8, 4) is 0 Å². The Hall–Kier alpha value is -1.76. The quantitative estimate of drug-likeness (QED) is 0.887. The Morgan fingerprint density at radius 3 is 3.16 bits per heavy atom. The molecule has 1 fully saturated rings. The molecule has 0 aliphatic carbocycles. The number of likely N-dealkylation sites (tertiary alicyclic amines) is 1. The maximum Gasteiger partial charge on any atom is 0.407 e. The third-order valence-corrected chi connectivity index (χ3v) is 3.63. The minimum absolute atomic E-state index is 0.0487. The zero-order chi connectivity index (χ0) is 13.4. The molecule has 0 radical (unpaired) electrons. The summed E-state index contributed by atoms with van der Waals surface area (Å²) in [6, 6.07) is 6.10. The summed E-state index contributed by atoms with van der Waals surface area (Å²) in [5.74, 6) is 0. The van der Waals surface area contributed by atoms with Gasteiger partial charge in [0, 0.05) is 23.6 Å². The molecule has 100 valence electrons. The SMILES string of the molecule is O=C(O)N1CC[C@H](Nc2nc3ccc(Br)cc3o2)C1. The van der Waals surface area contributed by atoms with E-state index in [-0.39, 0.29) is 6.04 Å². The molecule has 1 saturated heterocycles. The fourth-order valence-corrected chi connectivity index (χ4v) is 2.53. The molecular weight excluding hydrogens is 314 g/mol. The van der Waals surface area contributed by atoms with Crippen LogP contribution in [0.25, 0.3) is 11.1 Å². The Kier molecular flexibility index (Phi) is 3.06. The smallest absolute Gasteiger partial charge is 0.407 e. The lowest BCUT2D eigenvalue weighted by Crippen LogP contribution is -2.30. The average molecular weight is 326 g/mol. The molecule has 2 aromatic rings. The molecular formula is C12H12BrN3O3. The second-order valence-corrected chi connectivity index (χ2v) is 5.41. The summed E-state index contributed by atoms with van der Waals surface area (Å²) in [4.78, 5) is 16.5. The number of nitrogens with one attached hydrogen (secondary N) is 1. The molecule has 1 atom stereocenters. The van der Waals surface area contributed by atoms with E-state index in [9.17, 15) is 4.79 Å². The van der Waals surface area contributed by atoms with Crippen molar-refractivity contribution in [2.75, 3.05) is 18.4 Å². The Labute approximate surface area is 117 Å². The van der Waals surface area contributed by atoms with Gasteiger partial charge in [0.05, 0.1) is 0 Å². The van der Waals surface area contributed by atoms with E-state index in [0.717, 1.165) is 16.4 Å². The molecule has 0 bridgehead atoms. The normalized spacial score (nSPS) is 19.0. The standard InChI is InChI=1S/C12H12BrN3O3/c13-7-1-2-9-10(5-7)19-11(15-9)14-8-3-4-16(6-8)12(17)18/h1-2,5,8H,3-4,6H2,(H,14,15)(H,17,18)/t8-/m0/s1.